The molecule has 2 heterocycles. The standard InChI is InChI=1S/C20H32N4O2/c1-26-20(25)18(21)11-14-24(17-9-10-17)13-3-2-6-16-8-7-15-5-4-12-22-19(15)23-16/h7-8,17-18H,2-6,9-14,21H2,1H3,(H,22,23). The molecule has 0 radical (unpaired) electrons. The van der Waals surface area contributed by atoms with Crippen LogP contribution in [0.2, 0.25) is 0 Å². The van der Waals surface area contributed by atoms with Gasteiger partial charge in [0.05, 0.1) is 7.11 Å². The highest BCUT2D eigenvalue weighted by atomic mass is 16.5. The molecular formula is C20H32N4O2. The number of nitrogens with two attached hydrogens (primary N) is 1. The molecule has 1 aromatic rings. The van der Waals surface area contributed by atoms with Crippen LogP contribution in [0.25, 0.3) is 0 Å². The van der Waals surface area contributed by atoms with Crippen molar-refractivity contribution in [2.24, 2.45) is 5.73 Å². The highest BCUT2D eigenvalue weighted by Gasteiger charge is 2.29. The van der Waals surface area contributed by atoms with E-state index in [1.807, 2.05) is 0 Å². The normalized spacial score (nSPS) is 17.5. The number of anilines is 1. The van der Waals surface area contributed by atoms with E-state index in [-0.39, 0.29) is 5.97 Å². The van der Waals surface area contributed by atoms with Crippen molar-refractivity contribution >= 4 is 11.8 Å². The molecule has 1 fully saturated rings. The Morgan fingerprint density at radius 2 is 2.23 bits per heavy atom. The van der Waals surface area contributed by atoms with E-state index in [0.29, 0.717) is 12.5 Å². The second-order valence-corrected chi connectivity index (χ2v) is 7.48. The second-order valence-electron chi connectivity index (χ2n) is 7.48. The summed E-state index contributed by atoms with van der Waals surface area (Å²) in [5.74, 6) is 0.776. The SMILES string of the molecule is COC(=O)C(N)CCN(CCCCc1ccc2c(n1)NCCC2)C1CC1. The molecule has 6 nitrogen and oxygen atoms in total. The predicted molar refractivity (Wildman–Crippen MR) is 103 cm³/mol. The fourth-order valence-electron chi connectivity index (χ4n) is 3.62. The molecule has 0 amide bonds. The molecule has 6 heteroatoms. The summed E-state index contributed by atoms with van der Waals surface area (Å²) in [7, 11) is 1.39. The van der Waals surface area contributed by atoms with E-state index in [2.05, 4.69) is 22.3 Å². The zero-order chi connectivity index (χ0) is 18.4. The van der Waals surface area contributed by atoms with E-state index < -0.39 is 6.04 Å². The van der Waals surface area contributed by atoms with Gasteiger partial charge in [-0.1, -0.05) is 6.07 Å². The van der Waals surface area contributed by atoms with E-state index in [1.54, 1.807) is 0 Å². The lowest BCUT2D eigenvalue weighted by Gasteiger charge is -2.23. The maximum atomic E-state index is 11.5. The van der Waals surface area contributed by atoms with Crippen molar-refractivity contribution in [3.8, 4) is 0 Å². The number of fused-ring (bicyclic) bond motifs is 1. The fourth-order valence-corrected chi connectivity index (χ4v) is 3.62. The number of unbranched alkanes of at least 4 members (excludes halogenated alkanes) is 1. The summed E-state index contributed by atoms with van der Waals surface area (Å²) >= 11 is 0. The van der Waals surface area contributed by atoms with Gasteiger partial charge in [0.2, 0.25) is 0 Å². The Balaban J connectivity index is 1.39. The molecule has 3 N–H and O–H groups in total. The first-order valence-electron chi connectivity index (χ1n) is 9.97. The Bertz CT molecular complexity index is 603. The lowest BCUT2D eigenvalue weighted by atomic mass is 10.1. The zero-order valence-electron chi connectivity index (χ0n) is 15.9. The minimum atomic E-state index is -0.506. The van der Waals surface area contributed by atoms with Gasteiger partial charge in [-0.2, -0.15) is 0 Å². The minimum absolute atomic E-state index is 0.312. The molecular weight excluding hydrogens is 328 g/mol. The quantitative estimate of drug-likeness (QED) is 0.491. The molecule has 1 aliphatic heterocycles. The molecule has 0 spiro atoms. The van der Waals surface area contributed by atoms with E-state index in [9.17, 15) is 4.79 Å². The van der Waals surface area contributed by atoms with Crippen LogP contribution >= 0.6 is 0 Å². The summed E-state index contributed by atoms with van der Waals surface area (Å²) in [5.41, 5.74) is 8.40. The van der Waals surface area contributed by atoms with Crippen molar-refractivity contribution in [3.05, 3.63) is 23.4 Å². The Kier molecular flexibility index (Phi) is 6.86. The number of methoxy groups -OCH3 is 1. The third-order valence-corrected chi connectivity index (χ3v) is 5.37. The second kappa shape index (κ2) is 9.33. The third-order valence-electron chi connectivity index (χ3n) is 5.37. The van der Waals surface area contributed by atoms with Crippen LogP contribution in [-0.4, -0.2) is 54.7 Å². The summed E-state index contributed by atoms with van der Waals surface area (Å²) < 4.78 is 4.71. The van der Waals surface area contributed by atoms with Crippen LogP contribution in [0, 0.1) is 0 Å². The van der Waals surface area contributed by atoms with Crippen molar-refractivity contribution in [3.63, 3.8) is 0 Å². The molecule has 3 rings (SSSR count). The van der Waals surface area contributed by atoms with E-state index >= 15 is 0 Å². The predicted octanol–water partition coefficient (Wildman–Crippen LogP) is 2.12. The molecule has 0 bridgehead atoms. The summed E-state index contributed by atoms with van der Waals surface area (Å²) in [6.45, 7) is 2.98. The van der Waals surface area contributed by atoms with Gasteiger partial charge in [-0.25, -0.2) is 4.98 Å². The summed E-state index contributed by atoms with van der Waals surface area (Å²) in [6, 6.07) is 4.59. The van der Waals surface area contributed by atoms with Crippen LogP contribution in [-0.2, 0) is 22.4 Å². The topological polar surface area (TPSA) is 80.5 Å². The van der Waals surface area contributed by atoms with Crippen LogP contribution < -0.4 is 11.1 Å². The number of ether oxygens (including phenoxy) is 1. The number of carbonyl (C=O) groups excluding carboxylic acids is 1. The van der Waals surface area contributed by atoms with Crippen molar-refractivity contribution in [1.29, 1.82) is 0 Å². The highest BCUT2D eigenvalue weighted by molar-refractivity contribution is 5.75. The number of aromatic nitrogens is 1. The van der Waals surface area contributed by atoms with Crippen LogP contribution in [0.1, 0.15) is 49.8 Å². The molecule has 0 saturated heterocycles. The Labute approximate surface area is 156 Å². The summed E-state index contributed by atoms with van der Waals surface area (Å²) in [5, 5.41) is 3.41. The van der Waals surface area contributed by atoms with E-state index in [1.165, 1.54) is 37.6 Å². The maximum Gasteiger partial charge on any atom is 0.322 e. The van der Waals surface area contributed by atoms with Gasteiger partial charge in [-0.3, -0.25) is 4.79 Å². The van der Waals surface area contributed by atoms with Gasteiger partial charge >= 0.3 is 5.97 Å². The van der Waals surface area contributed by atoms with Crippen LogP contribution in [0.3, 0.4) is 0 Å². The van der Waals surface area contributed by atoms with Gasteiger partial charge in [0.25, 0.3) is 0 Å². The van der Waals surface area contributed by atoms with Gasteiger partial charge in [0.1, 0.15) is 11.9 Å². The summed E-state index contributed by atoms with van der Waals surface area (Å²) in [4.78, 5) is 18.7. The molecule has 1 unspecified atom stereocenters. The first-order chi connectivity index (χ1) is 12.7. The number of pyridine rings is 1. The largest absolute Gasteiger partial charge is 0.468 e. The number of hydrogen-bond acceptors (Lipinski definition) is 6. The lowest BCUT2D eigenvalue weighted by molar-refractivity contribution is -0.142. The van der Waals surface area contributed by atoms with Gasteiger partial charge in [-0.15, -0.1) is 0 Å². The molecule has 144 valence electrons. The third kappa shape index (κ3) is 5.42. The maximum absolute atomic E-state index is 11.5. The first-order valence-corrected chi connectivity index (χ1v) is 9.97. The monoisotopic (exact) mass is 360 g/mol. The van der Waals surface area contributed by atoms with Gasteiger partial charge in [0, 0.05) is 24.8 Å². The molecule has 0 aromatic carbocycles. The Morgan fingerprint density at radius 3 is 3.00 bits per heavy atom. The van der Waals surface area contributed by atoms with E-state index in [0.717, 1.165) is 51.1 Å². The molecule has 2 aliphatic rings. The minimum Gasteiger partial charge on any atom is -0.468 e. The number of nitrogens with zero attached hydrogens (tertiary/aromatic N) is 2. The average molecular weight is 361 g/mol. The van der Waals surface area contributed by atoms with Crippen LogP contribution in [0.15, 0.2) is 12.1 Å². The average Bonchev–Trinajstić information content (AvgIpc) is 3.51. The Hall–Kier alpha value is -1.66. The summed E-state index contributed by atoms with van der Waals surface area (Å²) in [6.07, 6.45) is 8.85. The van der Waals surface area contributed by atoms with Crippen molar-refractivity contribution in [2.75, 3.05) is 32.1 Å². The number of esters is 1. The molecule has 1 saturated carbocycles. The van der Waals surface area contributed by atoms with Gasteiger partial charge < -0.3 is 20.7 Å². The van der Waals surface area contributed by atoms with Gasteiger partial charge in [0.15, 0.2) is 0 Å². The fraction of sp³-hybridized carbons (Fsp3) is 0.700. The van der Waals surface area contributed by atoms with Crippen molar-refractivity contribution in [1.82, 2.24) is 9.88 Å². The smallest absolute Gasteiger partial charge is 0.322 e. The molecule has 1 aliphatic carbocycles. The van der Waals surface area contributed by atoms with Crippen LogP contribution in [0.5, 0.6) is 0 Å². The molecule has 1 atom stereocenters. The number of rotatable bonds is 10. The number of aryl methyl sites for hydroxylation is 2. The van der Waals surface area contributed by atoms with Crippen LogP contribution in [0.4, 0.5) is 5.82 Å². The molecule has 1 aromatic heterocycles. The van der Waals surface area contributed by atoms with E-state index in [4.69, 9.17) is 15.5 Å². The number of carbonyl (C=O) groups is 1. The Morgan fingerprint density at radius 1 is 1.38 bits per heavy atom. The highest BCUT2D eigenvalue weighted by Crippen LogP contribution is 2.27. The lowest BCUT2D eigenvalue weighted by Crippen LogP contribution is -2.37. The zero-order valence-corrected chi connectivity index (χ0v) is 15.9. The van der Waals surface area contributed by atoms with Crippen molar-refractivity contribution in [2.45, 2.75) is 63.5 Å². The van der Waals surface area contributed by atoms with Gasteiger partial charge in [-0.05, 0) is 69.5 Å². The first kappa shape index (κ1) is 19.1. The number of nitrogens with one attached hydrogen (secondary N) is 1. The van der Waals surface area contributed by atoms with Crippen molar-refractivity contribution < 1.29 is 9.53 Å². The molecule has 26 heavy (non-hydrogen) atoms. The number of hydrogen-bond donors (Lipinski definition) is 2.